The smallest absolute Gasteiger partial charge is 0.220 e. The van der Waals surface area contributed by atoms with Crippen molar-refractivity contribution in [2.45, 2.75) is 65.3 Å². The topological polar surface area (TPSA) is 59.3 Å². The Labute approximate surface area is 142 Å². The van der Waals surface area contributed by atoms with Gasteiger partial charge in [0.15, 0.2) is 5.65 Å². The van der Waals surface area contributed by atoms with Crippen molar-refractivity contribution in [3.05, 3.63) is 28.7 Å². The summed E-state index contributed by atoms with van der Waals surface area (Å²) in [5, 5.41) is 7.77. The summed E-state index contributed by atoms with van der Waals surface area (Å²) >= 11 is 0. The normalized spacial score (nSPS) is 25.5. The largest absolute Gasteiger partial charge is 0.353 e. The average Bonchev–Trinajstić information content (AvgIpc) is 3.10. The summed E-state index contributed by atoms with van der Waals surface area (Å²) in [6, 6.07) is 2.45. The minimum atomic E-state index is 0.185. The molecule has 4 rings (SSSR count). The summed E-state index contributed by atoms with van der Waals surface area (Å²) in [7, 11) is 0. The standard InChI is InChI=1S/C19H26N4O/c1-11-10-17-20-12(2)14(13(3)23(17)22-11)8-9-18(24)21-19-15-6-4-5-7-16(15)19/h10,15-16,19H,4-9H2,1-3H3,(H,21,24). The number of aromatic nitrogens is 3. The van der Waals surface area contributed by atoms with Gasteiger partial charge in [-0.05, 0) is 57.4 Å². The highest BCUT2D eigenvalue weighted by Gasteiger charge is 2.51. The molecule has 2 saturated carbocycles. The Balaban J connectivity index is 1.42. The fourth-order valence-electron chi connectivity index (χ4n) is 4.51. The van der Waals surface area contributed by atoms with Gasteiger partial charge in [0.05, 0.1) is 5.69 Å². The van der Waals surface area contributed by atoms with Crippen molar-refractivity contribution < 1.29 is 4.79 Å². The molecule has 1 N–H and O–H groups in total. The second-order valence-electron chi connectivity index (χ2n) is 7.52. The number of fused-ring (bicyclic) bond motifs is 2. The molecule has 2 aliphatic carbocycles. The van der Waals surface area contributed by atoms with Gasteiger partial charge in [-0.15, -0.1) is 0 Å². The van der Waals surface area contributed by atoms with Gasteiger partial charge in [0.25, 0.3) is 0 Å². The Morgan fingerprint density at radius 2 is 1.96 bits per heavy atom. The molecular weight excluding hydrogens is 300 g/mol. The highest BCUT2D eigenvalue weighted by atomic mass is 16.1. The van der Waals surface area contributed by atoms with Crippen molar-refractivity contribution in [1.29, 1.82) is 0 Å². The highest BCUT2D eigenvalue weighted by Crippen LogP contribution is 2.49. The second-order valence-corrected chi connectivity index (χ2v) is 7.52. The van der Waals surface area contributed by atoms with Crippen LogP contribution in [0.5, 0.6) is 0 Å². The van der Waals surface area contributed by atoms with Gasteiger partial charge in [0, 0.05) is 29.9 Å². The molecule has 2 unspecified atom stereocenters. The summed E-state index contributed by atoms with van der Waals surface area (Å²) in [5.74, 6) is 1.71. The molecule has 0 radical (unpaired) electrons. The van der Waals surface area contributed by atoms with Crippen LogP contribution in [0, 0.1) is 32.6 Å². The number of carbonyl (C=O) groups is 1. The van der Waals surface area contributed by atoms with E-state index in [2.05, 4.69) is 22.3 Å². The van der Waals surface area contributed by atoms with Gasteiger partial charge in [-0.1, -0.05) is 12.8 Å². The van der Waals surface area contributed by atoms with Crippen molar-refractivity contribution in [3.63, 3.8) is 0 Å². The molecule has 0 aliphatic heterocycles. The lowest BCUT2D eigenvalue weighted by Crippen LogP contribution is -2.28. The molecule has 0 aromatic carbocycles. The maximum Gasteiger partial charge on any atom is 0.220 e. The number of hydrogen-bond acceptors (Lipinski definition) is 3. The molecule has 5 nitrogen and oxygen atoms in total. The number of rotatable bonds is 4. The first-order valence-electron chi connectivity index (χ1n) is 9.16. The first-order valence-corrected chi connectivity index (χ1v) is 9.16. The molecule has 5 heteroatoms. The minimum Gasteiger partial charge on any atom is -0.353 e. The van der Waals surface area contributed by atoms with Gasteiger partial charge in [0.2, 0.25) is 5.91 Å². The summed E-state index contributed by atoms with van der Waals surface area (Å²) in [6.45, 7) is 6.07. The van der Waals surface area contributed by atoms with E-state index in [0.29, 0.717) is 12.5 Å². The fourth-order valence-corrected chi connectivity index (χ4v) is 4.51. The molecule has 2 atom stereocenters. The van der Waals surface area contributed by atoms with Crippen LogP contribution in [0.1, 0.15) is 54.7 Å². The second kappa shape index (κ2) is 5.87. The van der Waals surface area contributed by atoms with Crippen LogP contribution in [-0.2, 0) is 11.2 Å². The zero-order chi connectivity index (χ0) is 16.8. The van der Waals surface area contributed by atoms with Gasteiger partial charge in [0.1, 0.15) is 0 Å². The number of nitrogens with one attached hydrogen (secondary N) is 1. The monoisotopic (exact) mass is 326 g/mol. The fraction of sp³-hybridized carbons (Fsp3) is 0.632. The third-order valence-electron chi connectivity index (χ3n) is 5.87. The summed E-state index contributed by atoms with van der Waals surface area (Å²) < 4.78 is 1.89. The van der Waals surface area contributed by atoms with Gasteiger partial charge in [-0.25, -0.2) is 9.50 Å². The van der Waals surface area contributed by atoms with E-state index in [-0.39, 0.29) is 5.91 Å². The van der Waals surface area contributed by atoms with Gasteiger partial charge in [-0.2, -0.15) is 5.10 Å². The first kappa shape index (κ1) is 15.6. The SMILES string of the molecule is Cc1cc2nc(C)c(CCC(=O)NC3C4CCCCC43)c(C)n2n1. The molecule has 0 saturated heterocycles. The molecular formula is C19H26N4O. The van der Waals surface area contributed by atoms with E-state index in [1.807, 2.05) is 24.4 Å². The Morgan fingerprint density at radius 3 is 2.67 bits per heavy atom. The van der Waals surface area contributed by atoms with E-state index in [9.17, 15) is 4.79 Å². The predicted octanol–water partition coefficient (Wildman–Crippen LogP) is 2.89. The Morgan fingerprint density at radius 1 is 1.25 bits per heavy atom. The molecule has 2 heterocycles. The number of aryl methyl sites for hydroxylation is 3. The zero-order valence-corrected chi connectivity index (χ0v) is 14.8. The molecule has 128 valence electrons. The minimum absolute atomic E-state index is 0.185. The van der Waals surface area contributed by atoms with Gasteiger partial charge < -0.3 is 5.32 Å². The number of nitrogens with zero attached hydrogens (tertiary/aromatic N) is 3. The van der Waals surface area contributed by atoms with Crippen LogP contribution in [0.3, 0.4) is 0 Å². The van der Waals surface area contributed by atoms with Crippen LogP contribution in [0.2, 0.25) is 0 Å². The summed E-state index contributed by atoms with van der Waals surface area (Å²) in [5.41, 5.74) is 5.11. The number of hydrogen-bond donors (Lipinski definition) is 1. The van der Waals surface area contributed by atoms with Crippen LogP contribution in [0.25, 0.3) is 5.65 Å². The lowest BCUT2D eigenvalue weighted by atomic mass is 10.0. The Kier molecular flexibility index (Phi) is 3.82. The molecule has 2 aromatic heterocycles. The van der Waals surface area contributed by atoms with Gasteiger partial charge >= 0.3 is 0 Å². The average molecular weight is 326 g/mol. The molecule has 24 heavy (non-hydrogen) atoms. The third-order valence-corrected chi connectivity index (χ3v) is 5.87. The predicted molar refractivity (Wildman–Crippen MR) is 92.9 cm³/mol. The first-order chi connectivity index (χ1) is 11.5. The van der Waals surface area contributed by atoms with Crippen molar-refractivity contribution >= 4 is 11.6 Å². The van der Waals surface area contributed by atoms with Crippen molar-refractivity contribution in [3.8, 4) is 0 Å². The van der Waals surface area contributed by atoms with Crippen LogP contribution < -0.4 is 5.32 Å². The zero-order valence-electron chi connectivity index (χ0n) is 14.8. The maximum absolute atomic E-state index is 12.3. The molecule has 2 aromatic rings. The van der Waals surface area contributed by atoms with Crippen molar-refractivity contribution in [2.24, 2.45) is 11.8 Å². The van der Waals surface area contributed by atoms with Crippen LogP contribution in [0.4, 0.5) is 0 Å². The van der Waals surface area contributed by atoms with E-state index < -0.39 is 0 Å². The lowest BCUT2D eigenvalue weighted by Gasteiger charge is -2.11. The van der Waals surface area contributed by atoms with Crippen LogP contribution >= 0.6 is 0 Å². The van der Waals surface area contributed by atoms with Gasteiger partial charge in [-0.3, -0.25) is 4.79 Å². The van der Waals surface area contributed by atoms with E-state index >= 15 is 0 Å². The molecule has 0 spiro atoms. The van der Waals surface area contributed by atoms with Crippen molar-refractivity contribution in [1.82, 2.24) is 19.9 Å². The van der Waals surface area contributed by atoms with E-state index in [4.69, 9.17) is 0 Å². The quantitative estimate of drug-likeness (QED) is 0.940. The van der Waals surface area contributed by atoms with Crippen LogP contribution in [0.15, 0.2) is 6.07 Å². The molecule has 0 bridgehead atoms. The van der Waals surface area contributed by atoms with E-state index in [0.717, 1.165) is 46.5 Å². The van der Waals surface area contributed by atoms with Crippen LogP contribution in [-0.4, -0.2) is 26.5 Å². The Bertz CT molecular complexity index is 782. The summed E-state index contributed by atoms with van der Waals surface area (Å²) in [6.07, 6.45) is 6.53. The van der Waals surface area contributed by atoms with Crippen molar-refractivity contribution in [2.75, 3.05) is 0 Å². The Hall–Kier alpha value is -1.91. The number of carbonyl (C=O) groups excluding carboxylic acids is 1. The van der Waals surface area contributed by atoms with E-state index in [1.54, 1.807) is 0 Å². The molecule has 2 fully saturated rings. The summed E-state index contributed by atoms with van der Waals surface area (Å²) in [4.78, 5) is 17.0. The number of amides is 1. The third kappa shape index (κ3) is 2.70. The molecule has 1 amide bonds. The maximum atomic E-state index is 12.3. The highest BCUT2D eigenvalue weighted by molar-refractivity contribution is 5.77. The molecule has 2 aliphatic rings. The lowest BCUT2D eigenvalue weighted by molar-refractivity contribution is -0.121. The van der Waals surface area contributed by atoms with E-state index in [1.165, 1.54) is 25.7 Å².